The fraction of sp³-hybridized carbons (Fsp3) is 0.429. The number of fused-ring (bicyclic) bond motifs is 5. The molecule has 226 valence electrons. The van der Waals surface area contributed by atoms with E-state index in [9.17, 15) is 4.39 Å². The maximum Gasteiger partial charge on any atom is 0.319 e. The molecule has 3 aromatic carbocycles. The number of nitrogens with zero attached hydrogens (tertiary/aromatic N) is 4. The maximum atomic E-state index is 16.8. The maximum absolute atomic E-state index is 16.8. The summed E-state index contributed by atoms with van der Waals surface area (Å²) in [5.41, 5.74) is 0.172. The third-order valence-corrected chi connectivity index (χ3v) is 10.3. The third-order valence-electron chi connectivity index (χ3n) is 10.3. The second-order valence-corrected chi connectivity index (χ2v) is 13.3. The van der Waals surface area contributed by atoms with Gasteiger partial charge in [0.05, 0.1) is 11.1 Å². The number of anilines is 1. The number of benzene rings is 3. The zero-order valence-electron chi connectivity index (χ0n) is 24.7. The summed E-state index contributed by atoms with van der Waals surface area (Å²) in [6.45, 7) is 4.90. The van der Waals surface area contributed by atoms with Crippen LogP contribution in [0.25, 0.3) is 32.8 Å². The Balaban J connectivity index is 1.29. The summed E-state index contributed by atoms with van der Waals surface area (Å²) in [4.78, 5) is 13.6. The molecule has 0 radical (unpaired) electrons. The molecule has 5 heterocycles. The molecule has 0 spiro atoms. The van der Waals surface area contributed by atoms with Crippen LogP contribution in [0.2, 0.25) is 0 Å². The largest absolute Gasteiger partial charge is 0.461 e. The Hall–Kier alpha value is -3.87. The Morgan fingerprint density at radius 3 is 2.80 bits per heavy atom. The van der Waals surface area contributed by atoms with Crippen LogP contribution in [0, 0.1) is 24.0 Å². The molecule has 0 saturated carbocycles. The summed E-state index contributed by atoms with van der Waals surface area (Å²) >= 11 is 0. The van der Waals surface area contributed by atoms with Crippen molar-refractivity contribution in [2.45, 2.75) is 62.3 Å². The minimum absolute atomic E-state index is 0.0109. The molecular formula is C35H34F3N5O. The Bertz CT molecular complexity index is 1850. The number of terminal acetylenes is 1. The van der Waals surface area contributed by atoms with Crippen molar-refractivity contribution in [2.24, 2.45) is 0 Å². The number of rotatable bonds is 5. The predicted molar refractivity (Wildman–Crippen MR) is 166 cm³/mol. The van der Waals surface area contributed by atoms with Crippen molar-refractivity contribution in [3.8, 4) is 29.5 Å². The zero-order chi connectivity index (χ0) is 30.2. The smallest absolute Gasteiger partial charge is 0.319 e. The number of nitrogens with one attached hydrogen (secondary N) is 1. The third kappa shape index (κ3) is 4.33. The van der Waals surface area contributed by atoms with Gasteiger partial charge >= 0.3 is 6.01 Å². The van der Waals surface area contributed by atoms with Crippen molar-refractivity contribution < 1.29 is 17.9 Å². The summed E-state index contributed by atoms with van der Waals surface area (Å²) in [5.74, 6) is 1.62. The van der Waals surface area contributed by atoms with Crippen molar-refractivity contribution in [3.63, 3.8) is 0 Å². The SMILES string of the molecule is C#Cc1cccc2cccc(-c3c(F)cc4c(N5CC6CC[C@@](C)(C5)N6)nc(OC[C@@]56CCCN5C[C@H](F)C6)nc4c3F)c12. The highest BCUT2D eigenvalue weighted by atomic mass is 19.1. The normalized spacial score (nSPS) is 28.1. The molecular weight excluding hydrogens is 563 g/mol. The first-order valence-electron chi connectivity index (χ1n) is 15.5. The summed E-state index contributed by atoms with van der Waals surface area (Å²) < 4.78 is 53.8. The van der Waals surface area contributed by atoms with Crippen LogP contribution in [-0.2, 0) is 0 Å². The molecule has 1 unspecified atom stereocenters. The van der Waals surface area contributed by atoms with Gasteiger partial charge in [0.1, 0.15) is 29.9 Å². The highest BCUT2D eigenvalue weighted by Gasteiger charge is 2.49. The number of hydrogen-bond donors (Lipinski definition) is 1. The van der Waals surface area contributed by atoms with E-state index in [1.54, 1.807) is 18.2 Å². The van der Waals surface area contributed by atoms with Gasteiger partial charge in [-0.15, -0.1) is 6.42 Å². The van der Waals surface area contributed by atoms with E-state index >= 15 is 8.78 Å². The van der Waals surface area contributed by atoms with E-state index in [1.165, 1.54) is 6.07 Å². The lowest BCUT2D eigenvalue weighted by atomic mass is 9.93. The number of alkyl halides is 1. The molecule has 4 atom stereocenters. The van der Waals surface area contributed by atoms with E-state index < -0.39 is 23.3 Å². The van der Waals surface area contributed by atoms with Crippen molar-refractivity contribution in [1.82, 2.24) is 20.2 Å². The highest BCUT2D eigenvalue weighted by molar-refractivity contribution is 6.03. The second kappa shape index (κ2) is 10.1. The monoisotopic (exact) mass is 597 g/mol. The van der Waals surface area contributed by atoms with E-state index in [2.05, 4.69) is 32.9 Å². The number of halogens is 3. The van der Waals surface area contributed by atoms with Crippen molar-refractivity contribution in [2.75, 3.05) is 37.7 Å². The molecule has 4 aliphatic heterocycles. The van der Waals surface area contributed by atoms with Crippen LogP contribution < -0.4 is 15.0 Å². The first-order valence-corrected chi connectivity index (χ1v) is 15.5. The first kappa shape index (κ1) is 27.7. The zero-order valence-corrected chi connectivity index (χ0v) is 24.7. The Morgan fingerprint density at radius 1 is 1.14 bits per heavy atom. The summed E-state index contributed by atoms with van der Waals surface area (Å²) in [6.07, 6.45) is 9.13. The highest BCUT2D eigenvalue weighted by Crippen LogP contribution is 2.43. The van der Waals surface area contributed by atoms with Gasteiger partial charge < -0.3 is 15.0 Å². The molecule has 4 fully saturated rings. The second-order valence-electron chi connectivity index (χ2n) is 13.3. The van der Waals surface area contributed by atoms with Crippen LogP contribution in [-0.4, -0.2) is 70.9 Å². The Kier molecular flexibility index (Phi) is 6.34. The molecule has 4 aromatic rings. The van der Waals surface area contributed by atoms with Gasteiger partial charge in [0.25, 0.3) is 0 Å². The van der Waals surface area contributed by atoms with Crippen LogP contribution >= 0.6 is 0 Å². The van der Waals surface area contributed by atoms with Gasteiger partial charge in [-0.3, -0.25) is 4.90 Å². The van der Waals surface area contributed by atoms with Crippen molar-refractivity contribution in [1.29, 1.82) is 0 Å². The van der Waals surface area contributed by atoms with Crippen LogP contribution in [0.3, 0.4) is 0 Å². The molecule has 6 nitrogen and oxygen atoms in total. The van der Waals surface area contributed by atoms with E-state index in [0.717, 1.165) is 37.6 Å². The Morgan fingerprint density at radius 2 is 1.98 bits per heavy atom. The van der Waals surface area contributed by atoms with Crippen molar-refractivity contribution in [3.05, 3.63) is 59.7 Å². The first-order chi connectivity index (χ1) is 21.3. The summed E-state index contributed by atoms with van der Waals surface area (Å²) in [5, 5.41) is 5.37. The number of aromatic nitrogens is 2. The summed E-state index contributed by atoms with van der Waals surface area (Å²) in [7, 11) is 0. The minimum atomic E-state index is -0.902. The van der Waals surface area contributed by atoms with Gasteiger partial charge in [-0.1, -0.05) is 36.3 Å². The lowest BCUT2D eigenvalue weighted by Crippen LogP contribution is -2.58. The Labute approximate surface area is 254 Å². The van der Waals surface area contributed by atoms with Gasteiger partial charge in [-0.05, 0) is 62.2 Å². The number of piperazine rings is 1. The topological polar surface area (TPSA) is 53.5 Å². The quantitative estimate of drug-likeness (QED) is 0.285. The number of ether oxygens (including phenoxy) is 1. The molecule has 2 bridgehead atoms. The van der Waals surface area contributed by atoms with Gasteiger partial charge in [0.15, 0.2) is 5.82 Å². The van der Waals surface area contributed by atoms with Crippen LogP contribution in [0.15, 0.2) is 42.5 Å². The van der Waals surface area contributed by atoms with E-state index in [0.29, 0.717) is 53.8 Å². The average molecular weight is 598 g/mol. The van der Waals surface area contributed by atoms with Crippen LogP contribution in [0.4, 0.5) is 19.0 Å². The predicted octanol–water partition coefficient (Wildman–Crippen LogP) is 6.00. The standard InChI is InChI=1S/C35H34F3N5O/c1-3-21-7-4-8-22-9-5-10-25(28(21)22)29-27(37)15-26-31(30(29)38)39-33(44-20-35-12-6-14-43(35)17-23(36)16-35)40-32(26)42-18-24-11-13-34(2,19-42)41-24/h1,4-5,7-10,15,23-24,41H,6,11-14,16-20H2,2H3/t23-,24?,34+,35+/m1/s1. The van der Waals surface area contributed by atoms with Gasteiger partial charge in [-0.2, -0.15) is 9.97 Å². The molecule has 4 saturated heterocycles. The molecule has 0 amide bonds. The van der Waals surface area contributed by atoms with Crippen molar-refractivity contribution >= 4 is 27.5 Å². The fourth-order valence-electron chi connectivity index (χ4n) is 8.33. The van der Waals surface area contributed by atoms with Gasteiger partial charge in [0, 0.05) is 54.0 Å². The molecule has 1 aromatic heterocycles. The molecule has 44 heavy (non-hydrogen) atoms. The van der Waals surface area contributed by atoms with Crippen LogP contribution in [0.1, 0.15) is 44.6 Å². The molecule has 1 N–H and O–H groups in total. The van der Waals surface area contributed by atoms with E-state index in [-0.39, 0.29) is 35.3 Å². The van der Waals surface area contributed by atoms with E-state index in [1.807, 2.05) is 18.2 Å². The molecule has 9 heteroatoms. The lowest BCUT2D eigenvalue weighted by molar-refractivity contribution is 0.107. The fourth-order valence-corrected chi connectivity index (χ4v) is 8.33. The average Bonchev–Trinajstić information content (AvgIpc) is 3.63. The number of hydrogen-bond acceptors (Lipinski definition) is 6. The molecule has 8 rings (SSSR count). The molecule has 0 aliphatic carbocycles. The molecule has 4 aliphatic rings. The van der Waals surface area contributed by atoms with E-state index in [4.69, 9.17) is 16.1 Å². The lowest BCUT2D eigenvalue weighted by Gasteiger charge is -2.40. The van der Waals surface area contributed by atoms with Gasteiger partial charge in [-0.25, -0.2) is 13.2 Å². The minimum Gasteiger partial charge on any atom is -0.461 e. The summed E-state index contributed by atoms with van der Waals surface area (Å²) in [6, 6.07) is 12.4. The van der Waals surface area contributed by atoms with Crippen LogP contribution in [0.5, 0.6) is 6.01 Å². The van der Waals surface area contributed by atoms with Gasteiger partial charge in [0.2, 0.25) is 0 Å².